The van der Waals surface area contributed by atoms with Gasteiger partial charge in [0.2, 0.25) is 11.9 Å². The van der Waals surface area contributed by atoms with Crippen LogP contribution in [0.15, 0.2) is 24.4 Å². The topological polar surface area (TPSA) is 106 Å². The normalized spacial score (nSPS) is 21.8. The van der Waals surface area contributed by atoms with Crippen LogP contribution in [0, 0.1) is 0 Å². The van der Waals surface area contributed by atoms with E-state index in [0.29, 0.717) is 23.7 Å². The molecular formula is C25H35N9O. The molecule has 0 spiro atoms. The molecule has 0 bridgehead atoms. The zero-order valence-corrected chi connectivity index (χ0v) is 20.6. The van der Waals surface area contributed by atoms with Gasteiger partial charge in [0, 0.05) is 55.6 Å². The van der Waals surface area contributed by atoms with Crippen molar-refractivity contribution in [2.24, 2.45) is 0 Å². The highest BCUT2D eigenvalue weighted by atomic mass is 16.2. The van der Waals surface area contributed by atoms with Gasteiger partial charge >= 0.3 is 0 Å². The second-order valence-corrected chi connectivity index (χ2v) is 10.5. The molecule has 0 aromatic carbocycles. The maximum absolute atomic E-state index is 13.3. The van der Waals surface area contributed by atoms with Gasteiger partial charge in [-0.2, -0.15) is 10.1 Å². The molecule has 3 N–H and O–H groups in total. The van der Waals surface area contributed by atoms with E-state index in [9.17, 15) is 4.79 Å². The predicted molar refractivity (Wildman–Crippen MR) is 135 cm³/mol. The van der Waals surface area contributed by atoms with Gasteiger partial charge < -0.3 is 20.4 Å². The number of carbonyl (C=O) groups is 1. The summed E-state index contributed by atoms with van der Waals surface area (Å²) in [6, 6.07) is 6.56. The van der Waals surface area contributed by atoms with Crippen LogP contribution in [0.25, 0.3) is 5.52 Å². The molecule has 186 valence electrons. The van der Waals surface area contributed by atoms with Crippen LogP contribution in [0.5, 0.6) is 0 Å². The fourth-order valence-electron chi connectivity index (χ4n) is 5.40. The number of aromatic amines is 1. The second kappa shape index (κ2) is 9.14. The number of piperidine rings is 1. The largest absolute Gasteiger partial charge is 0.351 e. The minimum atomic E-state index is -0.245. The van der Waals surface area contributed by atoms with E-state index in [0.717, 1.165) is 56.7 Å². The first kappa shape index (κ1) is 22.3. The Balaban J connectivity index is 1.19. The zero-order chi connectivity index (χ0) is 23.9. The molecule has 3 aromatic heterocycles. The molecule has 10 heteroatoms. The number of hydrogen-bond acceptors (Lipinski definition) is 7. The van der Waals surface area contributed by atoms with Gasteiger partial charge in [0.05, 0.1) is 0 Å². The zero-order valence-electron chi connectivity index (χ0n) is 20.6. The monoisotopic (exact) mass is 477 g/mol. The Kier molecular flexibility index (Phi) is 5.83. The Morgan fingerprint density at radius 2 is 1.97 bits per heavy atom. The van der Waals surface area contributed by atoms with Gasteiger partial charge in [-0.05, 0) is 64.5 Å². The molecule has 1 saturated carbocycles. The summed E-state index contributed by atoms with van der Waals surface area (Å²) in [7, 11) is 0. The smallest absolute Gasteiger partial charge is 0.246 e. The molecule has 0 unspecified atom stereocenters. The van der Waals surface area contributed by atoms with Gasteiger partial charge in [0.25, 0.3) is 0 Å². The molecule has 10 nitrogen and oxygen atoms in total. The van der Waals surface area contributed by atoms with Crippen molar-refractivity contribution >= 4 is 29.0 Å². The first-order valence-corrected chi connectivity index (χ1v) is 13.0. The van der Waals surface area contributed by atoms with Crippen LogP contribution in [0.1, 0.15) is 64.0 Å². The quantitative estimate of drug-likeness (QED) is 0.480. The second-order valence-electron chi connectivity index (χ2n) is 10.5. The Labute approximate surface area is 205 Å². The summed E-state index contributed by atoms with van der Waals surface area (Å²) < 4.78 is 1.83. The van der Waals surface area contributed by atoms with Crippen molar-refractivity contribution < 1.29 is 4.79 Å². The Hall–Kier alpha value is -3.14. The number of nitrogens with one attached hydrogen (secondary N) is 3. The van der Waals surface area contributed by atoms with Crippen LogP contribution in [0.3, 0.4) is 0 Å². The van der Waals surface area contributed by atoms with Crippen molar-refractivity contribution in [1.82, 2.24) is 35.0 Å². The highest BCUT2D eigenvalue weighted by molar-refractivity contribution is 5.86. The number of rotatable bonds is 7. The Bertz CT molecular complexity index is 1190. The predicted octanol–water partition coefficient (Wildman–Crippen LogP) is 3.03. The van der Waals surface area contributed by atoms with Gasteiger partial charge in [0.15, 0.2) is 11.6 Å². The summed E-state index contributed by atoms with van der Waals surface area (Å²) >= 11 is 0. The van der Waals surface area contributed by atoms with Crippen molar-refractivity contribution in [3.63, 3.8) is 0 Å². The first-order chi connectivity index (χ1) is 17.0. The molecule has 3 fully saturated rings. The summed E-state index contributed by atoms with van der Waals surface area (Å²) in [5.74, 6) is 2.72. The fourth-order valence-corrected chi connectivity index (χ4v) is 5.40. The molecule has 0 radical (unpaired) electrons. The number of hydrogen-bond donors (Lipinski definition) is 3. The highest BCUT2D eigenvalue weighted by Gasteiger charge is 2.35. The van der Waals surface area contributed by atoms with E-state index in [-0.39, 0.29) is 18.0 Å². The summed E-state index contributed by atoms with van der Waals surface area (Å²) in [6.07, 6.45) is 8.13. The summed E-state index contributed by atoms with van der Waals surface area (Å²) in [4.78, 5) is 22.7. The first-order valence-electron chi connectivity index (χ1n) is 13.0. The summed E-state index contributed by atoms with van der Waals surface area (Å²) in [5.41, 5.74) is 2.05. The number of amides is 1. The average Bonchev–Trinajstić information content (AvgIpc) is 3.24. The lowest BCUT2D eigenvalue weighted by Crippen LogP contribution is -2.51. The standard InChI is InChI=1S/C25H35N9O/c1-16(2)32-13-9-18(10-14-32)26-24(35)21-6-3-11-33(21)25-28-23(20-5-4-12-34(20)31-25)27-22-15-19(29-30-22)17-7-8-17/h4-5,12,15-18,21H,3,6-11,13-14H2,1-2H3,(H,26,35)(H2,27,28,29,30,31)/t21-/m0/s1. The van der Waals surface area contributed by atoms with Crippen molar-refractivity contribution in [2.75, 3.05) is 29.9 Å². The minimum Gasteiger partial charge on any atom is -0.351 e. The van der Waals surface area contributed by atoms with Crippen molar-refractivity contribution in [1.29, 1.82) is 0 Å². The van der Waals surface area contributed by atoms with Crippen molar-refractivity contribution in [3.8, 4) is 0 Å². The van der Waals surface area contributed by atoms with E-state index in [1.807, 2.05) is 22.8 Å². The maximum atomic E-state index is 13.3. The lowest BCUT2D eigenvalue weighted by Gasteiger charge is -2.35. The average molecular weight is 478 g/mol. The molecule has 2 saturated heterocycles. The van der Waals surface area contributed by atoms with Gasteiger partial charge in [0.1, 0.15) is 11.6 Å². The lowest BCUT2D eigenvalue weighted by atomic mass is 10.0. The molecular weight excluding hydrogens is 442 g/mol. The Morgan fingerprint density at radius 1 is 1.14 bits per heavy atom. The molecule has 1 aliphatic carbocycles. The van der Waals surface area contributed by atoms with E-state index < -0.39 is 0 Å². The third-order valence-electron chi connectivity index (χ3n) is 7.66. The maximum Gasteiger partial charge on any atom is 0.246 e. The van der Waals surface area contributed by atoms with Crippen LogP contribution in [0.2, 0.25) is 0 Å². The lowest BCUT2D eigenvalue weighted by molar-refractivity contribution is -0.123. The third kappa shape index (κ3) is 4.59. The van der Waals surface area contributed by atoms with Gasteiger partial charge in [-0.1, -0.05) is 0 Å². The van der Waals surface area contributed by atoms with Crippen LogP contribution in [-0.2, 0) is 4.79 Å². The molecule has 6 rings (SSSR count). The number of H-pyrrole nitrogens is 1. The van der Waals surface area contributed by atoms with E-state index >= 15 is 0 Å². The number of likely N-dealkylation sites (tertiary alicyclic amines) is 1. The van der Waals surface area contributed by atoms with Gasteiger partial charge in [-0.15, -0.1) is 5.10 Å². The molecule has 5 heterocycles. The molecule has 3 aliphatic rings. The number of anilines is 3. The minimum absolute atomic E-state index is 0.0950. The summed E-state index contributed by atoms with van der Waals surface area (Å²) in [6.45, 7) is 7.31. The molecule has 2 aliphatic heterocycles. The molecule has 1 amide bonds. The van der Waals surface area contributed by atoms with Gasteiger partial charge in [-0.25, -0.2) is 4.52 Å². The van der Waals surface area contributed by atoms with Crippen LogP contribution >= 0.6 is 0 Å². The molecule has 1 atom stereocenters. The van der Waals surface area contributed by atoms with Crippen LogP contribution in [0.4, 0.5) is 17.6 Å². The molecule has 35 heavy (non-hydrogen) atoms. The van der Waals surface area contributed by atoms with Gasteiger partial charge in [-0.3, -0.25) is 9.89 Å². The highest BCUT2D eigenvalue weighted by Crippen LogP contribution is 2.39. The van der Waals surface area contributed by atoms with Crippen molar-refractivity contribution in [3.05, 3.63) is 30.1 Å². The van der Waals surface area contributed by atoms with E-state index in [1.165, 1.54) is 18.5 Å². The fraction of sp³-hybridized carbons (Fsp3) is 0.600. The van der Waals surface area contributed by atoms with Crippen molar-refractivity contribution in [2.45, 2.75) is 76.4 Å². The SMILES string of the molecule is CC(C)N1CCC(NC(=O)[C@@H]2CCCN2c2nc(Nc3cc(C4CC4)[nH]n3)c3cccn3n2)CC1. The summed E-state index contributed by atoms with van der Waals surface area (Å²) in [5, 5.41) is 19.0. The van der Waals surface area contributed by atoms with Crippen LogP contribution < -0.4 is 15.5 Å². The third-order valence-corrected chi connectivity index (χ3v) is 7.66. The Morgan fingerprint density at radius 3 is 2.74 bits per heavy atom. The van der Waals surface area contributed by atoms with E-state index in [4.69, 9.17) is 10.1 Å². The van der Waals surface area contributed by atoms with E-state index in [1.54, 1.807) is 0 Å². The number of aromatic nitrogens is 5. The van der Waals surface area contributed by atoms with E-state index in [2.05, 4.69) is 50.5 Å². The number of nitrogens with zero attached hydrogens (tertiary/aromatic N) is 6. The number of fused-ring (bicyclic) bond motifs is 1. The van der Waals surface area contributed by atoms with Crippen LogP contribution in [-0.4, -0.2) is 73.4 Å². The number of carbonyl (C=O) groups excluding carboxylic acids is 1. The molecule has 3 aromatic rings.